The van der Waals surface area contributed by atoms with Gasteiger partial charge in [0.2, 0.25) is 5.91 Å². The zero-order valence-electron chi connectivity index (χ0n) is 12.8. The van der Waals surface area contributed by atoms with Gasteiger partial charge in [-0.3, -0.25) is 4.79 Å². The molecule has 0 saturated carbocycles. The number of nitrogens with two attached hydrogens (primary N) is 1. The fraction of sp³-hybridized carbons (Fsp3) is 0.562. The van der Waals surface area contributed by atoms with Crippen LogP contribution in [0.4, 0.5) is 5.69 Å². The van der Waals surface area contributed by atoms with E-state index in [0.29, 0.717) is 18.1 Å². The van der Waals surface area contributed by atoms with Gasteiger partial charge in [0.1, 0.15) is 5.75 Å². The Balaban J connectivity index is 2.01. The molecule has 0 spiro atoms. The Morgan fingerprint density at radius 2 is 2.14 bits per heavy atom. The van der Waals surface area contributed by atoms with E-state index in [4.69, 9.17) is 5.73 Å². The van der Waals surface area contributed by atoms with E-state index in [0.717, 1.165) is 37.2 Å². The van der Waals surface area contributed by atoms with E-state index < -0.39 is 0 Å². The average Bonchev–Trinajstić information content (AvgIpc) is 2.46. The lowest BCUT2D eigenvalue weighted by Crippen LogP contribution is -2.35. The van der Waals surface area contributed by atoms with Gasteiger partial charge >= 0.3 is 0 Å². The Labute approximate surface area is 126 Å². The number of carbonyl (C=O) groups is 1. The third kappa shape index (κ3) is 3.88. The van der Waals surface area contributed by atoms with E-state index in [1.54, 1.807) is 0 Å². The monoisotopic (exact) mass is 291 g/mol. The van der Waals surface area contributed by atoms with Crippen LogP contribution in [0.25, 0.3) is 0 Å². The highest BCUT2D eigenvalue weighted by Gasteiger charge is 2.21. The van der Waals surface area contributed by atoms with Gasteiger partial charge in [-0.05, 0) is 38.8 Å². The summed E-state index contributed by atoms with van der Waals surface area (Å²) >= 11 is 0. The maximum absolute atomic E-state index is 11.0. The van der Waals surface area contributed by atoms with Crippen molar-refractivity contribution in [2.75, 3.05) is 25.0 Å². The molecule has 4 N–H and O–H groups in total. The molecule has 1 aromatic carbocycles. The van der Waals surface area contributed by atoms with E-state index in [1.807, 2.05) is 26.1 Å². The quantitative estimate of drug-likeness (QED) is 0.772. The van der Waals surface area contributed by atoms with E-state index in [1.165, 1.54) is 0 Å². The van der Waals surface area contributed by atoms with Crippen LogP contribution in [0.15, 0.2) is 18.2 Å². The molecule has 0 aliphatic carbocycles. The third-order valence-electron chi connectivity index (χ3n) is 4.38. The molecule has 1 heterocycles. The molecular formula is C16H25N3O2. The first-order chi connectivity index (χ1) is 10.0. The van der Waals surface area contributed by atoms with Crippen molar-refractivity contribution in [2.24, 2.45) is 11.7 Å². The predicted molar refractivity (Wildman–Crippen MR) is 84.3 cm³/mol. The van der Waals surface area contributed by atoms with Crippen molar-refractivity contribution in [2.45, 2.75) is 32.2 Å². The topological polar surface area (TPSA) is 78.6 Å². The molecule has 0 aromatic heterocycles. The number of hydrogen-bond donors (Lipinski definition) is 3. The standard InChI is InChI=1S/C16H25N3O2/c1-11(18-2)14-4-3-13(10-15(14)20)19-7-5-12(6-8-19)9-16(17)21/h3-4,10-12,18,20H,5-9H2,1-2H3,(H2,17,21). The predicted octanol–water partition coefficient (Wildman–Crippen LogP) is 1.76. The van der Waals surface area contributed by atoms with Crippen LogP contribution in [-0.2, 0) is 4.79 Å². The van der Waals surface area contributed by atoms with Crippen LogP contribution in [0.5, 0.6) is 5.75 Å². The summed E-state index contributed by atoms with van der Waals surface area (Å²) in [4.78, 5) is 13.2. The number of nitrogens with zero attached hydrogens (tertiary/aromatic N) is 1. The Hall–Kier alpha value is -1.75. The van der Waals surface area contributed by atoms with Crippen molar-refractivity contribution in [3.8, 4) is 5.75 Å². The first-order valence-corrected chi connectivity index (χ1v) is 7.54. The Kier molecular flexibility index (Phi) is 5.07. The van der Waals surface area contributed by atoms with Crippen molar-refractivity contribution in [3.05, 3.63) is 23.8 Å². The molecule has 1 atom stereocenters. The first-order valence-electron chi connectivity index (χ1n) is 7.54. The Morgan fingerprint density at radius 3 is 2.67 bits per heavy atom. The Bertz CT molecular complexity index is 496. The van der Waals surface area contributed by atoms with Gasteiger partial charge in [-0.15, -0.1) is 0 Å². The molecule has 1 aliphatic rings. The van der Waals surface area contributed by atoms with Crippen molar-refractivity contribution < 1.29 is 9.90 Å². The molecule has 1 unspecified atom stereocenters. The highest BCUT2D eigenvalue weighted by molar-refractivity contribution is 5.74. The minimum atomic E-state index is -0.212. The summed E-state index contributed by atoms with van der Waals surface area (Å²) in [6, 6.07) is 5.98. The smallest absolute Gasteiger partial charge is 0.217 e. The van der Waals surface area contributed by atoms with E-state index in [9.17, 15) is 9.90 Å². The zero-order valence-corrected chi connectivity index (χ0v) is 12.8. The van der Waals surface area contributed by atoms with Crippen LogP contribution in [-0.4, -0.2) is 31.2 Å². The lowest BCUT2D eigenvalue weighted by atomic mass is 9.93. The SMILES string of the molecule is CNC(C)c1ccc(N2CCC(CC(N)=O)CC2)cc1O. The molecule has 116 valence electrons. The van der Waals surface area contributed by atoms with Gasteiger partial charge in [0.25, 0.3) is 0 Å². The summed E-state index contributed by atoms with van der Waals surface area (Å²) in [5.41, 5.74) is 7.20. The van der Waals surface area contributed by atoms with Crippen molar-refractivity contribution in [1.82, 2.24) is 5.32 Å². The van der Waals surface area contributed by atoms with Gasteiger partial charge in [-0.1, -0.05) is 6.07 Å². The zero-order chi connectivity index (χ0) is 15.4. The Morgan fingerprint density at radius 1 is 1.48 bits per heavy atom. The number of rotatable bonds is 5. The maximum Gasteiger partial charge on any atom is 0.217 e. The summed E-state index contributed by atoms with van der Waals surface area (Å²) in [5, 5.41) is 13.3. The highest BCUT2D eigenvalue weighted by atomic mass is 16.3. The fourth-order valence-corrected chi connectivity index (χ4v) is 2.93. The molecule has 0 bridgehead atoms. The van der Waals surface area contributed by atoms with Gasteiger partial charge in [0.05, 0.1) is 0 Å². The van der Waals surface area contributed by atoms with Crippen LogP contribution in [0.1, 0.15) is 37.8 Å². The number of hydrogen-bond acceptors (Lipinski definition) is 4. The lowest BCUT2D eigenvalue weighted by Gasteiger charge is -2.33. The van der Waals surface area contributed by atoms with E-state index in [2.05, 4.69) is 16.3 Å². The van der Waals surface area contributed by atoms with Crippen molar-refractivity contribution in [3.63, 3.8) is 0 Å². The number of phenolic OH excluding ortho intramolecular Hbond substituents is 1. The average molecular weight is 291 g/mol. The van der Waals surface area contributed by atoms with Crippen LogP contribution in [0, 0.1) is 5.92 Å². The number of amides is 1. The molecule has 5 nitrogen and oxygen atoms in total. The summed E-state index contributed by atoms with van der Waals surface area (Å²) < 4.78 is 0. The number of primary amides is 1. The van der Waals surface area contributed by atoms with E-state index >= 15 is 0 Å². The second kappa shape index (κ2) is 6.80. The van der Waals surface area contributed by atoms with Crippen molar-refractivity contribution in [1.29, 1.82) is 0 Å². The van der Waals surface area contributed by atoms with Gasteiger partial charge in [0, 0.05) is 42.9 Å². The molecule has 0 radical (unpaired) electrons. The summed E-state index contributed by atoms with van der Waals surface area (Å²) in [5.74, 6) is 0.515. The second-order valence-electron chi connectivity index (χ2n) is 5.85. The maximum atomic E-state index is 11.0. The number of nitrogens with one attached hydrogen (secondary N) is 1. The molecule has 21 heavy (non-hydrogen) atoms. The lowest BCUT2D eigenvalue weighted by molar-refractivity contribution is -0.119. The summed E-state index contributed by atoms with van der Waals surface area (Å²) in [7, 11) is 1.88. The van der Waals surface area contributed by atoms with Gasteiger partial charge in [-0.25, -0.2) is 0 Å². The number of phenols is 1. The molecule has 2 rings (SSSR count). The molecule has 5 heteroatoms. The highest BCUT2D eigenvalue weighted by Crippen LogP contribution is 2.31. The summed E-state index contributed by atoms with van der Waals surface area (Å²) in [6.45, 7) is 3.82. The normalized spacial score (nSPS) is 17.7. The molecule has 1 fully saturated rings. The van der Waals surface area contributed by atoms with E-state index in [-0.39, 0.29) is 11.9 Å². The number of piperidine rings is 1. The minimum absolute atomic E-state index is 0.125. The number of carbonyl (C=O) groups excluding carboxylic acids is 1. The molecule has 1 aromatic rings. The third-order valence-corrected chi connectivity index (χ3v) is 4.38. The fourth-order valence-electron chi connectivity index (χ4n) is 2.93. The van der Waals surface area contributed by atoms with Crippen LogP contribution in [0.3, 0.4) is 0 Å². The van der Waals surface area contributed by atoms with Crippen LogP contribution in [0.2, 0.25) is 0 Å². The van der Waals surface area contributed by atoms with Gasteiger partial charge in [-0.2, -0.15) is 0 Å². The summed E-state index contributed by atoms with van der Waals surface area (Å²) in [6.07, 6.45) is 2.43. The second-order valence-corrected chi connectivity index (χ2v) is 5.85. The largest absolute Gasteiger partial charge is 0.508 e. The minimum Gasteiger partial charge on any atom is -0.508 e. The number of anilines is 1. The number of aromatic hydroxyl groups is 1. The molecule has 1 aliphatic heterocycles. The molecule has 1 saturated heterocycles. The van der Waals surface area contributed by atoms with Crippen molar-refractivity contribution >= 4 is 11.6 Å². The molecule has 1 amide bonds. The molecular weight excluding hydrogens is 266 g/mol. The van der Waals surface area contributed by atoms with Gasteiger partial charge < -0.3 is 21.1 Å². The van der Waals surface area contributed by atoms with Crippen LogP contribution >= 0.6 is 0 Å². The van der Waals surface area contributed by atoms with Gasteiger partial charge in [0.15, 0.2) is 0 Å². The van der Waals surface area contributed by atoms with Crippen LogP contribution < -0.4 is 16.0 Å². The first kappa shape index (κ1) is 15.6. The number of benzene rings is 1.